The van der Waals surface area contributed by atoms with Crippen LogP contribution in [0.25, 0.3) is 0 Å². The first-order chi connectivity index (χ1) is 12.4. The van der Waals surface area contributed by atoms with Crippen molar-refractivity contribution in [2.75, 3.05) is 0 Å². The molecule has 0 radical (unpaired) electrons. The molecular weight excluding hydrogens is 352 g/mol. The van der Waals surface area contributed by atoms with Crippen LogP contribution in [0, 0.1) is 0 Å². The fourth-order valence-electron chi connectivity index (χ4n) is 3.68. The fraction of sp³-hybridized carbons (Fsp3) is 0.208. The lowest BCUT2D eigenvalue weighted by Crippen LogP contribution is -2.40. The van der Waals surface area contributed by atoms with Gasteiger partial charge in [-0.3, -0.25) is 4.79 Å². The topological polar surface area (TPSA) is 37.3 Å². The summed E-state index contributed by atoms with van der Waals surface area (Å²) in [5, 5.41) is 10.6. The zero-order chi connectivity index (χ0) is 18.8. The average Bonchev–Trinajstić information content (AvgIpc) is 2.63. The van der Waals surface area contributed by atoms with Gasteiger partial charge in [-0.1, -0.05) is 106 Å². The number of carboxylic acid groups (broad SMARTS) is 1. The minimum Gasteiger partial charge on any atom is -0.480 e. The van der Waals surface area contributed by atoms with E-state index < -0.39 is 11.4 Å². The smallest absolute Gasteiger partial charge is 0.323 e. The Hall–Kier alpha value is -2.52. The number of hydrogen-bond donors (Lipinski definition) is 1. The molecule has 0 aliphatic carbocycles. The van der Waals surface area contributed by atoms with Crippen LogP contribution in [0.2, 0.25) is 0 Å². The molecule has 0 bridgehead atoms. The molecule has 3 aromatic rings. The summed E-state index contributed by atoms with van der Waals surface area (Å²) in [7, 11) is 0. The Balaban J connectivity index is 0.00000261. The van der Waals surface area contributed by atoms with E-state index >= 15 is 0 Å². The molecule has 0 heterocycles. The van der Waals surface area contributed by atoms with E-state index in [2.05, 4.69) is 20.8 Å². The molecule has 0 atom stereocenters. The number of carbonyl (C=O) groups is 1. The summed E-state index contributed by atoms with van der Waals surface area (Å²) < 4.78 is 0. The molecule has 0 saturated heterocycles. The monoisotopic (exact) mass is 378 g/mol. The van der Waals surface area contributed by atoms with Crippen LogP contribution in [-0.2, 0) is 15.6 Å². The van der Waals surface area contributed by atoms with Gasteiger partial charge in [-0.2, -0.15) is 13.5 Å². The quantitative estimate of drug-likeness (QED) is 0.607. The maximum Gasteiger partial charge on any atom is 0.323 e. The highest BCUT2D eigenvalue weighted by molar-refractivity contribution is 7.59. The molecule has 3 aromatic carbocycles. The normalized spacial score (nSPS) is 11.5. The summed E-state index contributed by atoms with van der Waals surface area (Å²) in [4.78, 5) is 12.9. The van der Waals surface area contributed by atoms with Crippen LogP contribution in [0.15, 0.2) is 84.9 Å². The van der Waals surface area contributed by atoms with Gasteiger partial charge in [-0.15, -0.1) is 0 Å². The van der Waals surface area contributed by atoms with Crippen LogP contribution < -0.4 is 0 Å². The van der Waals surface area contributed by atoms with Gasteiger partial charge in [-0.05, 0) is 27.7 Å². The number of rotatable bonds is 4. The Morgan fingerprint density at radius 2 is 1.04 bits per heavy atom. The zero-order valence-corrected chi connectivity index (χ0v) is 16.9. The zero-order valence-electron chi connectivity index (χ0n) is 15.9. The highest BCUT2D eigenvalue weighted by Crippen LogP contribution is 2.43. The molecule has 27 heavy (non-hydrogen) atoms. The lowest BCUT2D eigenvalue weighted by molar-refractivity contribution is -0.140. The maximum absolute atomic E-state index is 12.9. The molecule has 0 aromatic heterocycles. The molecular formula is C24H26O2S. The van der Waals surface area contributed by atoms with Gasteiger partial charge >= 0.3 is 5.97 Å². The number of hydrogen-bond acceptors (Lipinski definition) is 1. The van der Waals surface area contributed by atoms with Gasteiger partial charge in [0.05, 0.1) is 0 Å². The van der Waals surface area contributed by atoms with E-state index in [-0.39, 0.29) is 18.9 Å². The molecule has 140 valence electrons. The predicted octanol–water partition coefficient (Wildman–Crippen LogP) is 5.52. The second-order valence-corrected chi connectivity index (χ2v) is 7.58. The Kier molecular flexibility index (Phi) is 6.17. The van der Waals surface area contributed by atoms with Crippen molar-refractivity contribution in [3.8, 4) is 0 Å². The first-order valence-electron chi connectivity index (χ1n) is 8.83. The Bertz CT molecular complexity index is 857. The van der Waals surface area contributed by atoms with Gasteiger partial charge < -0.3 is 5.11 Å². The van der Waals surface area contributed by atoms with Gasteiger partial charge in [0.1, 0.15) is 5.41 Å². The number of aliphatic carboxylic acids is 1. The van der Waals surface area contributed by atoms with Crippen LogP contribution in [0.4, 0.5) is 0 Å². The lowest BCUT2D eigenvalue weighted by Gasteiger charge is -2.36. The van der Waals surface area contributed by atoms with Gasteiger partial charge in [0, 0.05) is 0 Å². The summed E-state index contributed by atoms with van der Waals surface area (Å²) in [5.41, 5.74) is 1.94. The minimum absolute atomic E-state index is 0. The molecule has 3 rings (SSSR count). The Morgan fingerprint density at radius 3 is 1.41 bits per heavy atom. The van der Waals surface area contributed by atoms with Crippen LogP contribution in [0.5, 0.6) is 0 Å². The standard InChI is InChI=1S/C24H24O2.H2S/c1-23(2,3)20-16-10-11-17-21(20)24(22(25)26,18-12-6-4-7-13-18)19-14-8-5-9-15-19;/h4-17H,1-3H3,(H,25,26);1H2. The molecule has 2 nitrogen and oxygen atoms in total. The van der Waals surface area contributed by atoms with E-state index in [1.165, 1.54) is 0 Å². The van der Waals surface area contributed by atoms with Crippen molar-refractivity contribution in [1.29, 1.82) is 0 Å². The predicted molar refractivity (Wildman–Crippen MR) is 116 cm³/mol. The molecule has 0 aliphatic heterocycles. The van der Waals surface area contributed by atoms with Crippen molar-refractivity contribution in [3.05, 3.63) is 107 Å². The van der Waals surface area contributed by atoms with E-state index in [1.807, 2.05) is 84.9 Å². The largest absolute Gasteiger partial charge is 0.480 e. The Labute approximate surface area is 168 Å². The fourth-order valence-corrected chi connectivity index (χ4v) is 3.68. The average molecular weight is 379 g/mol. The third-order valence-corrected chi connectivity index (χ3v) is 4.87. The van der Waals surface area contributed by atoms with Crippen LogP contribution >= 0.6 is 13.5 Å². The van der Waals surface area contributed by atoms with Crippen molar-refractivity contribution < 1.29 is 9.90 Å². The molecule has 0 saturated carbocycles. The molecule has 0 fully saturated rings. The minimum atomic E-state index is -1.26. The van der Waals surface area contributed by atoms with Gasteiger partial charge in [-0.25, -0.2) is 0 Å². The van der Waals surface area contributed by atoms with E-state index in [4.69, 9.17) is 0 Å². The molecule has 1 N–H and O–H groups in total. The second kappa shape index (κ2) is 8.01. The van der Waals surface area contributed by atoms with Crippen LogP contribution in [-0.4, -0.2) is 11.1 Å². The third kappa shape index (κ3) is 3.65. The van der Waals surface area contributed by atoms with Crippen molar-refractivity contribution in [2.24, 2.45) is 0 Å². The maximum atomic E-state index is 12.9. The molecule has 0 aliphatic rings. The van der Waals surface area contributed by atoms with Gasteiger partial charge in [0.25, 0.3) is 0 Å². The molecule has 0 spiro atoms. The lowest BCUT2D eigenvalue weighted by atomic mass is 9.65. The van der Waals surface area contributed by atoms with Crippen LogP contribution in [0.3, 0.4) is 0 Å². The van der Waals surface area contributed by atoms with Crippen molar-refractivity contribution in [3.63, 3.8) is 0 Å². The summed E-state index contributed by atoms with van der Waals surface area (Å²) >= 11 is 0. The van der Waals surface area contributed by atoms with E-state index in [0.717, 1.165) is 22.3 Å². The molecule has 0 unspecified atom stereocenters. The van der Waals surface area contributed by atoms with Crippen molar-refractivity contribution in [2.45, 2.75) is 31.6 Å². The summed E-state index contributed by atoms with van der Waals surface area (Å²) in [5.74, 6) is -0.869. The van der Waals surface area contributed by atoms with Crippen LogP contribution in [0.1, 0.15) is 43.0 Å². The van der Waals surface area contributed by atoms with Crippen molar-refractivity contribution >= 4 is 19.5 Å². The van der Waals surface area contributed by atoms with Gasteiger partial charge in [0.15, 0.2) is 0 Å². The molecule has 0 amide bonds. The van der Waals surface area contributed by atoms with Crippen molar-refractivity contribution in [1.82, 2.24) is 0 Å². The number of carboxylic acids is 1. The van der Waals surface area contributed by atoms with E-state index in [0.29, 0.717) is 0 Å². The number of benzene rings is 3. The molecule has 3 heteroatoms. The summed E-state index contributed by atoms with van der Waals surface area (Å²) in [6.07, 6.45) is 0. The van der Waals surface area contributed by atoms with E-state index in [1.54, 1.807) is 0 Å². The van der Waals surface area contributed by atoms with Gasteiger partial charge in [0.2, 0.25) is 0 Å². The second-order valence-electron chi connectivity index (χ2n) is 7.58. The van der Waals surface area contributed by atoms with E-state index in [9.17, 15) is 9.90 Å². The Morgan fingerprint density at radius 1 is 0.667 bits per heavy atom. The summed E-state index contributed by atoms with van der Waals surface area (Å²) in [6, 6.07) is 26.9. The highest BCUT2D eigenvalue weighted by atomic mass is 32.1. The third-order valence-electron chi connectivity index (χ3n) is 4.87. The summed E-state index contributed by atoms with van der Waals surface area (Å²) in [6.45, 7) is 6.36. The first-order valence-corrected chi connectivity index (χ1v) is 8.83. The first kappa shape index (κ1) is 20.8. The highest BCUT2D eigenvalue weighted by Gasteiger charge is 2.46. The SMILES string of the molecule is CC(C)(C)c1ccccc1C(C(=O)O)(c1ccccc1)c1ccccc1.S.